The number of nitrogens with one attached hydrogen (secondary N) is 1. The van der Waals surface area contributed by atoms with Gasteiger partial charge in [-0.1, -0.05) is 11.6 Å². The highest BCUT2D eigenvalue weighted by molar-refractivity contribution is 6.05. The van der Waals surface area contributed by atoms with Gasteiger partial charge in [-0.05, 0) is 37.6 Å². The zero-order valence-electron chi connectivity index (χ0n) is 11.6. The number of halogens is 2. The van der Waals surface area contributed by atoms with Crippen LogP contribution >= 0.6 is 0 Å². The number of carbonyl (C=O) groups excluding carboxylic acids is 1. The van der Waals surface area contributed by atoms with E-state index in [1.807, 2.05) is 26.0 Å². The fourth-order valence-corrected chi connectivity index (χ4v) is 2.72. The Hall–Kier alpha value is -2.49. The van der Waals surface area contributed by atoms with Crippen molar-refractivity contribution in [1.82, 2.24) is 4.98 Å². The Morgan fingerprint density at radius 3 is 2.29 bits per heavy atom. The van der Waals surface area contributed by atoms with Gasteiger partial charge in [-0.25, -0.2) is 8.78 Å². The number of aromatic amines is 1. The molecule has 3 aromatic rings. The molecule has 4 heteroatoms. The van der Waals surface area contributed by atoms with Gasteiger partial charge in [-0.2, -0.15) is 0 Å². The minimum Gasteiger partial charge on any atom is -0.354 e. The molecule has 0 aliphatic rings. The third kappa shape index (κ3) is 2.23. The molecule has 0 saturated carbocycles. The molecule has 2 nitrogen and oxygen atoms in total. The Morgan fingerprint density at radius 1 is 1.00 bits per heavy atom. The normalized spacial score (nSPS) is 11.0. The van der Waals surface area contributed by atoms with Gasteiger partial charge in [0.2, 0.25) is 0 Å². The first-order valence-corrected chi connectivity index (χ1v) is 6.54. The molecule has 0 aliphatic heterocycles. The van der Waals surface area contributed by atoms with Crippen molar-refractivity contribution in [2.75, 3.05) is 0 Å². The highest BCUT2D eigenvalue weighted by Crippen LogP contribution is 2.32. The molecule has 0 bridgehead atoms. The lowest BCUT2D eigenvalue weighted by atomic mass is 10.0. The van der Waals surface area contributed by atoms with Crippen molar-refractivity contribution < 1.29 is 13.6 Å². The van der Waals surface area contributed by atoms with Crippen molar-refractivity contribution in [1.29, 1.82) is 0 Å². The fourth-order valence-electron chi connectivity index (χ4n) is 2.72. The van der Waals surface area contributed by atoms with Crippen LogP contribution in [0.3, 0.4) is 0 Å². The van der Waals surface area contributed by atoms with Gasteiger partial charge in [0.05, 0.1) is 5.69 Å². The maximum Gasteiger partial charge on any atom is 0.152 e. The standard InChI is InChI=1S/C17H13F2NO/c1-9-3-10(2)16-14(4-9)15(8-21)17(20-16)11-5-12(18)7-13(19)6-11/h3-8,20H,1-2H3. The summed E-state index contributed by atoms with van der Waals surface area (Å²) < 4.78 is 26.8. The minimum atomic E-state index is -0.673. The number of hydrogen-bond acceptors (Lipinski definition) is 1. The third-order valence-electron chi connectivity index (χ3n) is 3.56. The Morgan fingerprint density at radius 2 is 1.67 bits per heavy atom. The summed E-state index contributed by atoms with van der Waals surface area (Å²) >= 11 is 0. The molecule has 0 fully saturated rings. The fraction of sp³-hybridized carbons (Fsp3) is 0.118. The molecule has 0 atom stereocenters. The molecular weight excluding hydrogens is 272 g/mol. The van der Waals surface area contributed by atoms with Crippen LogP contribution in [0, 0.1) is 25.5 Å². The molecule has 0 amide bonds. The van der Waals surface area contributed by atoms with Gasteiger partial charge in [0.1, 0.15) is 11.6 Å². The molecule has 0 aliphatic carbocycles. The zero-order valence-corrected chi connectivity index (χ0v) is 11.6. The quantitative estimate of drug-likeness (QED) is 0.689. The average molecular weight is 285 g/mol. The summed E-state index contributed by atoms with van der Waals surface area (Å²) in [5.41, 5.74) is 3.99. The molecule has 106 valence electrons. The maximum atomic E-state index is 13.4. The summed E-state index contributed by atoms with van der Waals surface area (Å²) in [6.07, 6.45) is 0.718. The van der Waals surface area contributed by atoms with E-state index in [0.717, 1.165) is 34.4 Å². The van der Waals surface area contributed by atoms with Crippen molar-refractivity contribution >= 4 is 17.2 Å². The maximum absolute atomic E-state index is 13.4. The van der Waals surface area contributed by atoms with Crippen molar-refractivity contribution in [3.63, 3.8) is 0 Å². The van der Waals surface area contributed by atoms with Gasteiger partial charge in [-0.3, -0.25) is 4.79 Å². The van der Waals surface area contributed by atoms with E-state index in [2.05, 4.69) is 4.98 Å². The van der Waals surface area contributed by atoms with Crippen LogP contribution in [0.4, 0.5) is 8.78 Å². The molecule has 1 heterocycles. The number of fused-ring (bicyclic) bond motifs is 1. The van der Waals surface area contributed by atoms with E-state index in [4.69, 9.17) is 0 Å². The van der Waals surface area contributed by atoms with E-state index in [-0.39, 0.29) is 0 Å². The highest BCUT2D eigenvalue weighted by atomic mass is 19.1. The lowest BCUT2D eigenvalue weighted by Gasteiger charge is -2.01. The van der Waals surface area contributed by atoms with Crippen LogP contribution < -0.4 is 0 Å². The molecular formula is C17H13F2NO. The minimum absolute atomic E-state index is 0.322. The monoisotopic (exact) mass is 285 g/mol. The van der Waals surface area contributed by atoms with Gasteiger partial charge in [0.15, 0.2) is 6.29 Å². The molecule has 1 N–H and O–H groups in total. The molecule has 21 heavy (non-hydrogen) atoms. The van der Waals surface area contributed by atoms with E-state index in [1.54, 1.807) is 0 Å². The summed E-state index contributed by atoms with van der Waals surface area (Å²) in [5.74, 6) is -1.35. The summed E-state index contributed by atoms with van der Waals surface area (Å²) in [6, 6.07) is 7.11. The van der Waals surface area contributed by atoms with Gasteiger partial charge >= 0.3 is 0 Å². The van der Waals surface area contributed by atoms with Gasteiger partial charge < -0.3 is 4.98 Å². The van der Waals surface area contributed by atoms with Crippen LogP contribution in [-0.4, -0.2) is 11.3 Å². The van der Waals surface area contributed by atoms with Crippen molar-refractivity contribution in [3.05, 3.63) is 58.7 Å². The van der Waals surface area contributed by atoms with Crippen LogP contribution in [0.1, 0.15) is 21.5 Å². The Labute approximate surface area is 120 Å². The second kappa shape index (κ2) is 4.81. The Kier molecular flexibility index (Phi) is 3.09. The van der Waals surface area contributed by atoms with Crippen LogP contribution in [0.5, 0.6) is 0 Å². The Balaban J connectivity index is 2.37. The molecule has 0 radical (unpaired) electrons. The van der Waals surface area contributed by atoms with Crippen LogP contribution in [-0.2, 0) is 0 Å². The lowest BCUT2D eigenvalue weighted by molar-refractivity contribution is 0.112. The van der Waals surface area contributed by atoms with Gasteiger partial charge in [0, 0.05) is 28.1 Å². The second-order valence-corrected chi connectivity index (χ2v) is 5.19. The number of H-pyrrole nitrogens is 1. The first kappa shape index (κ1) is 13.5. The molecule has 0 unspecified atom stereocenters. The number of benzene rings is 2. The number of rotatable bonds is 2. The number of aryl methyl sites for hydroxylation is 2. The van der Waals surface area contributed by atoms with Crippen LogP contribution in [0.15, 0.2) is 30.3 Å². The SMILES string of the molecule is Cc1cc(C)c2[nH]c(-c3cc(F)cc(F)c3)c(C=O)c2c1. The lowest BCUT2D eigenvalue weighted by Crippen LogP contribution is -1.88. The van der Waals surface area contributed by atoms with Crippen molar-refractivity contribution in [2.24, 2.45) is 0 Å². The van der Waals surface area contributed by atoms with Crippen LogP contribution in [0.25, 0.3) is 22.2 Å². The predicted octanol–water partition coefficient (Wildman–Crippen LogP) is 4.54. The van der Waals surface area contributed by atoms with E-state index >= 15 is 0 Å². The molecule has 0 saturated heterocycles. The molecule has 2 aromatic carbocycles. The number of aldehydes is 1. The molecule has 0 spiro atoms. The highest BCUT2D eigenvalue weighted by Gasteiger charge is 2.15. The zero-order chi connectivity index (χ0) is 15.1. The Bertz CT molecular complexity index is 845. The van der Waals surface area contributed by atoms with E-state index in [9.17, 15) is 13.6 Å². The van der Waals surface area contributed by atoms with E-state index in [0.29, 0.717) is 16.8 Å². The van der Waals surface area contributed by atoms with Crippen molar-refractivity contribution in [3.8, 4) is 11.3 Å². The molecule has 3 rings (SSSR count). The first-order valence-electron chi connectivity index (χ1n) is 6.54. The van der Waals surface area contributed by atoms with Gasteiger partial charge in [0.25, 0.3) is 0 Å². The summed E-state index contributed by atoms with van der Waals surface area (Å²) in [6.45, 7) is 3.87. The first-order chi connectivity index (χ1) is 9.99. The number of hydrogen-bond donors (Lipinski definition) is 1. The summed E-state index contributed by atoms with van der Waals surface area (Å²) in [4.78, 5) is 14.6. The largest absolute Gasteiger partial charge is 0.354 e. The number of aromatic nitrogens is 1. The van der Waals surface area contributed by atoms with Crippen LogP contribution in [0.2, 0.25) is 0 Å². The van der Waals surface area contributed by atoms with E-state index in [1.165, 1.54) is 12.1 Å². The summed E-state index contributed by atoms with van der Waals surface area (Å²) in [5, 5.41) is 0.766. The molecule has 1 aromatic heterocycles. The average Bonchev–Trinajstić information content (AvgIpc) is 2.76. The number of carbonyl (C=O) groups is 1. The smallest absolute Gasteiger partial charge is 0.152 e. The topological polar surface area (TPSA) is 32.9 Å². The predicted molar refractivity (Wildman–Crippen MR) is 78.5 cm³/mol. The second-order valence-electron chi connectivity index (χ2n) is 5.19. The third-order valence-corrected chi connectivity index (χ3v) is 3.56. The summed E-state index contributed by atoms with van der Waals surface area (Å²) in [7, 11) is 0. The van der Waals surface area contributed by atoms with Crippen molar-refractivity contribution in [2.45, 2.75) is 13.8 Å². The van der Waals surface area contributed by atoms with Gasteiger partial charge in [-0.15, -0.1) is 0 Å². The van der Waals surface area contributed by atoms with E-state index < -0.39 is 11.6 Å².